The minimum absolute atomic E-state index is 0.0231. The summed E-state index contributed by atoms with van der Waals surface area (Å²) in [6, 6.07) is -1.06. The molecule has 11 nitrogen and oxygen atoms in total. The Labute approximate surface area is 155 Å². The van der Waals surface area contributed by atoms with E-state index in [9.17, 15) is 24.0 Å². The zero-order chi connectivity index (χ0) is 20.8. The van der Waals surface area contributed by atoms with E-state index >= 15 is 0 Å². The van der Waals surface area contributed by atoms with Gasteiger partial charge in [0.15, 0.2) is 0 Å². The van der Waals surface area contributed by atoms with Crippen molar-refractivity contribution in [1.29, 1.82) is 0 Å². The van der Waals surface area contributed by atoms with Gasteiger partial charge in [-0.15, -0.1) is 0 Å². The zero-order valence-corrected chi connectivity index (χ0v) is 15.0. The van der Waals surface area contributed by atoms with Crippen LogP contribution in [0.2, 0.25) is 0 Å². The van der Waals surface area contributed by atoms with Crippen molar-refractivity contribution >= 4 is 30.3 Å². The summed E-state index contributed by atoms with van der Waals surface area (Å²) in [7, 11) is 0. The van der Waals surface area contributed by atoms with Crippen molar-refractivity contribution in [1.82, 2.24) is 0 Å². The third-order valence-electron chi connectivity index (χ3n) is 3.46. The molecule has 2 fully saturated rings. The van der Waals surface area contributed by atoms with Crippen LogP contribution in [0.4, 0.5) is 0 Å². The van der Waals surface area contributed by atoms with Crippen LogP contribution in [-0.2, 0) is 38.2 Å². The molecule has 0 bridgehead atoms. The van der Waals surface area contributed by atoms with Gasteiger partial charge in [0.2, 0.25) is 6.29 Å². The Morgan fingerprint density at radius 1 is 1.22 bits per heavy atom. The minimum Gasteiger partial charge on any atom is -0.481 e. The first-order valence-electron chi connectivity index (χ1n) is 8.37. The lowest BCUT2D eigenvalue weighted by Crippen LogP contribution is -2.30. The van der Waals surface area contributed by atoms with Crippen LogP contribution in [0, 0.1) is 0 Å². The second kappa shape index (κ2) is 13.5. The van der Waals surface area contributed by atoms with Gasteiger partial charge < -0.3 is 30.2 Å². The Kier molecular flexibility index (Phi) is 12.2. The van der Waals surface area contributed by atoms with Crippen molar-refractivity contribution in [2.75, 3.05) is 0 Å². The number of ether oxygens (including phenoxy) is 3. The highest BCUT2D eigenvalue weighted by Gasteiger charge is 2.23. The molecular weight excluding hydrogens is 366 g/mol. The predicted octanol–water partition coefficient (Wildman–Crippen LogP) is 0.188. The number of nitrogens with two attached hydrogens (primary N) is 1. The maximum absolute atomic E-state index is 10.4. The number of carbonyl (C=O) groups is 5. The van der Waals surface area contributed by atoms with Gasteiger partial charge in [-0.05, 0) is 19.3 Å². The van der Waals surface area contributed by atoms with Crippen LogP contribution >= 0.6 is 0 Å². The Hall–Kier alpha value is -2.69. The molecule has 0 aromatic heterocycles. The van der Waals surface area contributed by atoms with Crippen LogP contribution in [0.25, 0.3) is 0 Å². The highest BCUT2D eigenvalue weighted by Crippen LogP contribution is 2.15. The predicted molar refractivity (Wildman–Crippen MR) is 88.1 cm³/mol. The molecule has 0 aliphatic carbocycles. The van der Waals surface area contributed by atoms with E-state index in [1.165, 1.54) is 0 Å². The molecule has 0 aromatic carbocycles. The standard InChI is InChI=1S/C6H10O2.C5H9NO4.C5H6O4/c1-2-5-3-4-6(7)8-5;6-3(5(9)10)1-2-4(7)8;6-3-8-5-2-1-4(7)9-5/h5H,2-4H2,1H3;3H,1-2,6H2,(H,7,8)(H,9,10);3,5H,1-2H2/t5-;3-;5-/m100/s1. The molecule has 154 valence electrons. The number of rotatable bonds is 7. The van der Waals surface area contributed by atoms with Gasteiger partial charge in [-0.2, -0.15) is 0 Å². The number of aliphatic carboxylic acids is 2. The number of cyclic esters (lactones) is 2. The summed E-state index contributed by atoms with van der Waals surface area (Å²) in [6.45, 7) is 2.31. The van der Waals surface area contributed by atoms with Crippen molar-refractivity contribution in [3.05, 3.63) is 0 Å². The highest BCUT2D eigenvalue weighted by atomic mass is 16.7. The van der Waals surface area contributed by atoms with Gasteiger partial charge in [0.05, 0.1) is 6.42 Å². The first-order chi connectivity index (χ1) is 12.7. The monoisotopic (exact) mass is 391 g/mol. The molecule has 2 aliphatic heterocycles. The lowest BCUT2D eigenvalue weighted by Gasteiger charge is -2.03. The third kappa shape index (κ3) is 12.3. The lowest BCUT2D eigenvalue weighted by molar-refractivity contribution is -0.167. The summed E-state index contributed by atoms with van der Waals surface area (Å²) in [5, 5.41) is 16.3. The van der Waals surface area contributed by atoms with Gasteiger partial charge in [-0.1, -0.05) is 6.92 Å². The molecule has 0 aromatic rings. The zero-order valence-electron chi connectivity index (χ0n) is 15.0. The van der Waals surface area contributed by atoms with E-state index in [4.69, 9.17) is 20.7 Å². The summed E-state index contributed by atoms with van der Waals surface area (Å²) < 4.78 is 13.7. The van der Waals surface area contributed by atoms with E-state index in [1.807, 2.05) is 6.92 Å². The van der Waals surface area contributed by atoms with Gasteiger partial charge in [0.1, 0.15) is 12.1 Å². The number of esters is 2. The first kappa shape index (κ1) is 24.3. The van der Waals surface area contributed by atoms with Crippen molar-refractivity contribution < 1.29 is 48.4 Å². The van der Waals surface area contributed by atoms with Gasteiger partial charge in [-0.3, -0.25) is 24.0 Å². The highest BCUT2D eigenvalue weighted by molar-refractivity contribution is 5.74. The Balaban J connectivity index is 0.000000377. The minimum atomic E-state index is -1.17. The van der Waals surface area contributed by atoms with Gasteiger partial charge in [-0.25, -0.2) is 0 Å². The van der Waals surface area contributed by atoms with E-state index in [2.05, 4.69) is 9.47 Å². The van der Waals surface area contributed by atoms with E-state index in [0.29, 0.717) is 19.3 Å². The van der Waals surface area contributed by atoms with Crippen molar-refractivity contribution in [3.63, 3.8) is 0 Å². The molecule has 3 atom stereocenters. The van der Waals surface area contributed by atoms with E-state index < -0.39 is 24.3 Å². The Bertz CT molecular complexity index is 521. The molecule has 0 unspecified atom stereocenters. The number of hydrogen-bond donors (Lipinski definition) is 3. The molecule has 0 amide bonds. The largest absolute Gasteiger partial charge is 0.481 e. The van der Waals surface area contributed by atoms with E-state index in [0.717, 1.165) is 12.8 Å². The van der Waals surface area contributed by atoms with Crippen LogP contribution in [0.5, 0.6) is 0 Å². The fourth-order valence-corrected chi connectivity index (χ4v) is 1.93. The molecule has 27 heavy (non-hydrogen) atoms. The molecule has 4 N–H and O–H groups in total. The number of carboxylic acid groups (broad SMARTS) is 2. The topological polar surface area (TPSA) is 180 Å². The van der Waals surface area contributed by atoms with Crippen LogP contribution in [-0.4, -0.2) is 59.0 Å². The van der Waals surface area contributed by atoms with E-state index in [-0.39, 0.29) is 37.4 Å². The van der Waals surface area contributed by atoms with E-state index in [1.54, 1.807) is 0 Å². The number of carboxylic acids is 2. The van der Waals surface area contributed by atoms with Gasteiger partial charge in [0, 0.05) is 19.3 Å². The van der Waals surface area contributed by atoms with Crippen LogP contribution in [0.3, 0.4) is 0 Å². The Morgan fingerprint density at radius 2 is 1.81 bits per heavy atom. The second-order valence-corrected chi connectivity index (χ2v) is 5.63. The molecular formula is C16H25NO10. The Morgan fingerprint density at radius 3 is 2.15 bits per heavy atom. The quantitative estimate of drug-likeness (QED) is 0.398. The molecule has 2 saturated heterocycles. The molecule has 0 spiro atoms. The smallest absolute Gasteiger partial charge is 0.320 e. The second-order valence-electron chi connectivity index (χ2n) is 5.63. The fourth-order valence-electron chi connectivity index (χ4n) is 1.93. The average molecular weight is 391 g/mol. The van der Waals surface area contributed by atoms with Gasteiger partial charge >= 0.3 is 23.9 Å². The molecule has 2 heterocycles. The summed E-state index contributed by atoms with van der Waals surface area (Å²) in [5.41, 5.74) is 5.00. The number of carbonyl (C=O) groups excluding carboxylic acids is 3. The first-order valence-corrected chi connectivity index (χ1v) is 8.37. The normalized spacial score (nSPS) is 21.4. The van der Waals surface area contributed by atoms with Crippen molar-refractivity contribution in [3.8, 4) is 0 Å². The molecule has 0 radical (unpaired) electrons. The average Bonchev–Trinajstić information content (AvgIpc) is 3.22. The van der Waals surface area contributed by atoms with Crippen LogP contribution in [0.1, 0.15) is 51.9 Å². The molecule has 0 saturated carbocycles. The van der Waals surface area contributed by atoms with Crippen molar-refractivity contribution in [2.45, 2.75) is 70.3 Å². The lowest BCUT2D eigenvalue weighted by atomic mass is 10.2. The van der Waals surface area contributed by atoms with Crippen LogP contribution in [0.15, 0.2) is 0 Å². The van der Waals surface area contributed by atoms with Crippen molar-refractivity contribution in [2.24, 2.45) is 5.73 Å². The maximum Gasteiger partial charge on any atom is 0.320 e. The summed E-state index contributed by atoms with van der Waals surface area (Å²) in [6.07, 6.45) is 2.71. The summed E-state index contributed by atoms with van der Waals surface area (Å²) >= 11 is 0. The summed E-state index contributed by atoms with van der Waals surface area (Å²) in [5.74, 6) is -2.53. The summed E-state index contributed by atoms with van der Waals surface area (Å²) in [4.78, 5) is 50.2. The number of hydrogen-bond acceptors (Lipinski definition) is 9. The maximum atomic E-state index is 10.4. The molecule has 11 heteroatoms. The van der Waals surface area contributed by atoms with Gasteiger partial charge in [0.25, 0.3) is 6.47 Å². The van der Waals surface area contributed by atoms with Crippen LogP contribution < -0.4 is 5.73 Å². The molecule has 2 rings (SSSR count). The SMILES string of the molecule is CC[C@@H]1CCC(=O)O1.N[C@@H](CCC(=O)O)C(=O)O.O=CO[C@@H]1CCC(=O)O1. The molecule has 2 aliphatic rings. The fraction of sp³-hybridized carbons (Fsp3) is 0.688. The third-order valence-corrected chi connectivity index (χ3v) is 3.46.